The van der Waals surface area contributed by atoms with Crippen molar-refractivity contribution in [1.82, 2.24) is 0 Å². The molecular weight excluding hydrogens is 340 g/mol. The molecular formula is C27H46O. The van der Waals surface area contributed by atoms with Crippen molar-refractivity contribution in [2.24, 2.45) is 50.7 Å². The highest BCUT2D eigenvalue weighted by Crippen LogP contribution is 2.76. The molecule has 0 saturated heterocycles. The van der Waals surface area contributed by atoms with Crippen LogP contribution in [0, 0.1) is 50.7 Å². The molecule has 1 nitrogen and oxygen atoms in total. The maximum Gasteiger partial charge on any atom is 0.0594 e. The van der Waals surface area contributed by atoms with Gasteiger partial charge >= 0.3 is 0 Å². The molecule has 0 amide bonds. The molecule has 0 spiro atoms. The van der Waals surface area contributed by atoms with Crippen LogP contribution in [0.15, 0.2) is 0 Å². The second-order valence-corrected chi connectivity index (χ2v) is 13.7. The van der Waals surface area contributed by atoms with Gasteiger partial charge in [0, 0.05) is 0 Å². The Labute approximate surface area is 174 Å². The number of fused-ring (bicyclic) bond motifs is 7. The molecule has 5 saturated carbocycles. The lowest BCUT2D eigenvalue weighted by molar-refractivity contribution is -0.244. The van der Waals surface area contributed by atoms with E-state index in [1.54, 1.807) is 0 Å². The molecule has 1 heteroatoms. The number of aliphatic hydroxyl groups is 1. The van der Waals surface area contributed by atoms with Crippen LogP contribution >= 0.6 is 0 Å². The Morgan fingerprint density at radius 2 is 1.36 bits per heavy atom. The topological polar surface area (TPSA) is 20.2 Å². The van der Waals surface area contributed by atoms with Crippen molar-refractivity contribution < 1.29 is 5.11 Å². The van der Waals surface area contributed by atoms with Gasteiger partial charge in [0.25, 0.3) is 0 Å². The van der Waals surface area contributed by atoms with Crippen LogP contribution in [0.2, 0.25) is 0 Å². The van der Waals surface area contributed by atoms with Crippen molar-refractivity contribution >= 4 is 0 Å². The molecule has 1 N–H and O–H groups in total. The molecule has 5 aliphatic rings. The van der Waals surface area contributed by atoms with Gasteiger partial charge in [-0.2, -0.15) is 0 Å². The van der Waals surface area contributed by atoms with E-state index in [1.165, 1.54) is 64.2 Å². The van der Waals surface area contributed by atoms with E-state index in [0.29, 0.717) is 27.6 Å². The molecule has 5 aliphatic carbocycles. The monoisotopic (exact) mass is 386 g/mol. The maximum absolute atomic E-state index is 10.8. The number of hydrogen-bond acceptors (Lipinski definition) is 1. The minimum atomic E-state index is -0.101. The third-order valence-electron chi connectivity index (χ3n) is 12.8. The Bertz CT molecular complexity index is 653. The summed E-state index contributed by atoms with van der Waals surface area (Å²) in [5.74, 6) is 3.52. The number of aliphatic hydroxyl groups excluding tert-OH is 1. The summed E-state index contributed by atoms with van der Waals surface area (Å²) in [4.78, 5) is 0. The zero-order valence-electron chi connectivity index (χ0n) is 19.6. The molecule has 0 aliphatic heterocycles. The summed E-state index contributed by atoms with van der Waals surface area (Å²) in [6.45, 7) is 15.5. The Morgan fingerprint density at radius 3 is 2.11 bits per heavy atom. The third-order valence-corrected chi connectivity index (χ3v) is 12.8. The van der Waals surface area contributed by atoms with E-state index < -0.39 is 0 Å². The lowest BCUT2D eigenvalue weighted by atomic mass is 9.32. The van der Waals surface area contributed by atoms with Gasteiger partial charge < -0.3 is 5.11 Å². The lowest BCUT2D eigenvalue weighted by Crippen LogP contribution is -2.66. The van der Waals surface area contributed by atoms with E-state index >= 15 is 0 Å². The average Bonchev–Trinajstić information content (AvgIpc) is 3.01. The molecule has 0 heterocycles. The van der Waals surface area contributed by atoms with Gasteiger partial charge in [0.1, 0.15) is 0 Å². The van der Waals surface area contributed by atoms with Crippen molar-refractivity contribution in [1.29, 1.82) is 0 Å². The Balaban J connectivity index is 1.53. The van der Waals surface area contributed by atoms with Crippen molar-refractivity contribution in [3.05, 3.63) is 0 Å². The van der Waals surface area contributed by atoms with Crippen LogP contribution in [0.3, 0.4) is 0 Å². The van der Waals surface area contributed by atoms with E-state index in [1.807, 2.05) is 0 Å². The predicted octanol–water partition coefficient (Wildman–Crippen LogP) is 7.22. The van der Waals surface area contributed by atoms with Gasteiger partial charge in [-0.1, -0.05) is 48.0 Å². The van der Waals surface area contributed by atoms with Gasteiger partial charge in [-0.05, 0) is 115 Å². The summed E-state index contributed by atoms with van der Waals surface area (Å²) in [5, 5.41) is 10.8. The van der Waals surface area contributed by atoms with Crippen LogP contribution in [-0.4, -0.2) is 11.2 Å². The summed E-state index contributed by atoms with van der Waals surface area (Å²) >= 11 is 0. The van der Waals surface area contributed by atoms with E-state index in [9.17, 15) is 5.11 Å². The molecule has 5 rings (SSSR count). The first kappa shape index (κ1) is 19.9. The first-order valence-corrected chi connectivity index (χ1v) is 12.7. The van der Waals surface area contributed by atoms with Crippen molar-refractivity contribution in [2.45, 2.75) is 118 Å². The van der Waals surface area contributed by atoms with Crippen LogP contribution < -0.4 is 0 Å². The van der Waals surface area contributed by atoms with Crippen LogP contribution in [0.1, 0.15) is 112 Å². The fourth-order valence-electron chi connectivity index (χ4n) is 10.9. The van der Waals surface area contributed by atoms with Gasteiger partial charge in [-0.3, -0.25) is 0 Å². The highest BCUT2D eigenvalue weighted by molar-refractivity contribution is 5.18. The first-order chi connectivity index (χ1) is 13.0. The molecule has 0 bridgehead atoms. The maximum atomic E-state index is 10.8. The van der Waals surface area contributed by atoms with Crippen molar-refractivity contribution in [3.63, 3.8) is 0 Å². The molecule has 0 aromatic heterocycles. The summed E-state index contributed by atoms with van der Waals surface area (Å²) in [7, 11) is 0. The van der Waals surface area contributed by atoms with Crippen LogP contribution in [-0.2, 0) is 0 Å². The molecule has 0 unspecified atom stereocenters. The smallest absolute Gasteiger partial charge is 0.0594 e. The zero-order chi connectivity index (χ0) is 20.2. The highest BCUT2D eigenvalue weighted by atomic mass is 16.3. The van der Waals surface area contributed by atoms with E-state index in [2.05, 4.69) is 41.5 Å². The van der Waals surface area contributed by atoms with Gasteiger partial charge in [0.15, 0.2) is 0 Å². The Morgan fingerprint density at radius 1 is 0.607 bits per heavy atom. The lowest BCUT2D eigenvalue weighted by Gasteiger charge is -2.72. The normalized spacial score (nSPS) is 60.3. The average molecular weight is 387 g/mol. The second-order valence-electron chi connectivity index (χ2n) is 13.7. The molecule has 0 aromatic carbocycles. The van der Waals surface area contributed by atoms with Gasteiger partial charge in [0.05, 0.1) is 6.10 Å². The number of hydrogen-bond donors (Lipinski definition) is 1. The minimum absolute atomic E-state index is 0.0860. The van der Waals surface area contributed by atoms with Crippen LogP contribution in [0.4, 0.5) is 0 Å². The standard InChI is InChI=1S/C27H46O/c1-23(2)20-11-15-27(6)21(25(20,4)14-12-22(23)28)10-9-19-18-8-7-13-24(18,3)16-17-26(19,27)5/h18-22,28H,7-17H2,1-6H3/t18-,19+,20+,21-,22+,24-,25+,26-,27-/m1/s1. The largest absolute Gasteiger partial charge is 0.393 e. The summed E-state index contributed by atoms with van der Waals surface area (Å²) in [6, 6.07) is 0. The van der Waals surface area contributed by atoms with Gasteiger partial charge in [0.2, 0.25) is 0 Å². The quantitative estimate of drug-likeness (QED) is 0.466. The summed E-state index contributed by atoms with van der Waals surface area (Å²) in [5.41, 5.74) is 2.22. The Kier molecular flexibility index (Phi) is 4.12. The SMILES string of the molecule is CC1(C)[C@@H](O)CC[C@]2(C)[C@H]3CC[C@H]4[C@H]5CCC[C@]5(C)CC[C@@]4(C)[C@]3(C)CC[C@@H]12. The van der Waals surface area contributed by atoms with Crippen LogP contribution in [0.5, 0.6) is 0 Å². The molecule has 0 radical (unpaired) electrons. The Hall–Kier alpha value is -0.0400. The third kappa shape index (κ3) is 2.19. The fourth-order valence-corrected chi connectivity index (χ4v) is 10.9. The minimum Gasteiger partial charge on any atom is -0.393 e. The molecule has 28 heavy (non-hydrogen) atoms. The van der Waals surface area contributed by atoms with Crippen molar-refractivity contribution in [2.75, 3.05) is 0 Å². The number of rotatable bonds is 0. The van der Waals surface area contributed by atoms with E-state index in [-0.39, 0.29) is 11.5 Å². The highest BCUT2D eigenvalue weighted by Gasteiger charge is 2.69. The molecule has 5 fully saturated rings. The van der Waals surface area contributed by atoms with E-state index in [4.69, 9.17) is 0 Å². The summed E-state index contributed by atoms with van der Waals surface area (Å²) < 4.78 is 0. The van der Waals surface area contributed by atoms with Crippen LogP contribution in [0.25, 0.3) is 0 Å². The second kappa shape index (κ2) is 5.80. The van der Waals surface area contributed by atoms with Gasteiger partial charge in [-0.15, -0.1) is 0 Å². The fraction of sp³-hybridized carbons (Fsp3) is 1.00. The van der Waals surface area contributed by atoms with E-state index in [0.717, 1.165) is 24.2 Å². The summed E-state index contributed by atoms with van der Waals surface area (Å²) in [6.07, 6.45) is 15.3. The predicted molar refractivity (Wildman–Crippen MR) is 117 cm³/mol. The van der Waals surface area contributed by atoms with Crippen molar-refractivity contribution in [3.8, 4) is 0 Å². The molecule has 9 atom stereocenters. The molecule has 160 valence electrons. The molecule has 0 aromatic rings. The first-order valence-electron chi connectivity index (χ1n) is 12.7. The van der Waals surface area contributed by atoms with Gasteiger partial charge in [-0.25, -0.2) is 0 Å². The zero-order valence-corrected chi connectivity index (χ0v) is 19.6.